The Labute approximate surface area is 174 Å². The number of hydrogen-bond acceptors (Lipinski definition) is 4. The Morgan fingerprint density at radius 1 is 0.964 bits per heavy atom. The quantitative estimate of drug-likeness (QED) is 0.629. The van der Waals surface area contributed by atoms with Gasteiger partial charge in [0.1, 0.15) is 5.82 Å². The standard InChI is InChI=1S/C17H27BN2O2.2C3H8/c1-13-8-10-20(11-9-13)15-7-6-14(12-19-15)18-21-16(2,3)17(4,5)22-18;2*1-3-2/h6-7,12-13H,8-11H2,1-5H3;2*3H2,1-2H3. The highest BCUT2D eigenvalue weighted by atomic mass is 16.7. The molecule has 3 heterocycles. The minimum absolute atomic E-state index is 0.306. The molecular weight excluding hydrogens is 347 g/mol. The van der Waals surface area contributed by atoms with Gasteiger partial charge in [-0.1, -0.05) is 53.5 Å². The van der Waals surface area contributed by atoms with Crippen molar-refractivity contribution >= 4 is 18.4 Å². The van der Waals surface area contributed by atoms with Gasteiger partial charge >= 0.3 is 7.12 Å². The summed E-state index contributed by atoms with van der Waals surface area (Å²) in [6, 6.07) is 4.18. The van der Waals surface area contributed by atoms with Gasteiger partial charge in [0.15, 0.2) is 0 Å². The van der Waals surface area contributed by atoms with E-state index in [4.69, 9.17) is 9.31 Å². The molecule has 2 aliphatic rings. The van der Waals surface area contributed by atoms with Gasteiger partial charge in [0.05, 0.1) is 11.2 Å². The monoisotopic (exact) mass is 390 g/mol. The maximum absolute atomic E-state index is 6.07. The average Bonchev–Trinajstić information content (AvgIpc) is 2.85. The van der Waals surface area contributed by atoms with Crippen LogP contribution in [-0.4, -0.2) is 36.4 Å². The van der Waals surface area contributed by atoms with Crippen LogP contribution >= 0.6 is 0 Å². The van der Waals surface area contributed by atoms with Crippen molar-refractivity contribution in [1.82, 2.24) is 4.98 Å². The first-order chi connectivity index (χ1) is 13.1. The van der Waals surface area contributed by atoms with Crippen LogP contribution in [0.3, 0.4) is 0 Å². The summed E-state index contributed by atoms with van der Waals surface area (Å²) in [6.07, 6.45) is 6.90. The number of piperidine rings is 1. The Morgan fingerprint density at radius 3 is 1.82 bits per heavy atom. The van der Waals surface area contributed by atoms with Gasteiger partial charge in [0, 0.05) is 24.7 Å². The summed E-state index contributed by atoms with van der Waals surface area (Å²) in [5.41, 5.74) is 0.381. The van der Waals surface area contributed by atoms with Crippen LogP contribution in [0.2, 0.25) is 0 Å². The van der Waals surface area contributed by atoms with Crippen LogP contribution in [0.15, 0.2) is 18.3 Å². The third kappa shape index (κ3) is 6.77. The van der Waals surface area contributed by atoms with Crippen LogP contribution in [0, 0.1) is 5.92 Å². The van der Waals surface area contributed by atoms with Gasteiger partial charge < -0.3 is 14.2 Å². The van der Waals surface area contributed by atoms with Gasteiger partial charge in [-0.3, -0.25) is 0 Å². The van der Waals surface area contributed by atoms with E-state index in [1.165, 1.54) is 25.7 Å². The summed E-state index contributed by atoms with van der Waals surface area (Å²) in [7, 11) is -0.326. The molecule has 0 saturated carbocycles. The number of anilines is 1. The summed E-state index contributed by atoms with van der Waals surface area (Å²) in [5.74, 6) is 1.90. The maximum atomic E-state index is 6.07. The molecule has 0 aliphatic carbocycles. The summed E-state index contributed by atoms with van der Waals surface area (Å²) < 4.78 is 12.1. The fraction of sp³-hybridized carbons (Fsp3) is 0.783. The lowest BCUT2D eigenvalue weighted by Gasteiger charge is -2.32. The molecule has 28 heavy (non-hydrogen) atoms. The summed E-state index contributed by atoms with van der Waals surface area (Å²) in [4.78, 5) is 7.00. The molecule has 2 saturated heterocycles. The molecule has 0 radical (unpaired) electrons. The Bertz CT molecular complexity index is 534. The van der Waals surface area contributed by atoms with E-state index >= 15 is 0 Å². The number of nitrogens with zero attached hydrogens (tertiary/aromatic N) is 2. The second-order valence-corrected chi connectivity index (χ2v) is 9.12. The molecule has 1 aromatic heterocycles. The lowest BCUT2D eigenvalue weighted by molar-refractivity contribution is 0.00578. The molecule has 0 unspecified atom stereocenters. The van der Waals surface area contributed by atoms with E-state index in [-0.39, 0.29) is 18.3 Å². The van der Waals surface area contributed by atoms with Crippen molar-refractivity contribution in [2.75, 3.05) is 18.0 Å². The molecule has 2 aliphatic heterocycles. The molecule has 1 aromatic rings. The number of pyridine rings is 1. The van der Waals surface area contributed by atoms with E-state index in [9.17, 15) is 0 Å². The van der Waals surface area contributed by atoms with E-state index in [0.717, 1.165) is 30.3 Å². The normalized spacial score (nSPS) is 20.8. The predicted octanol–water partition coefficient (Wildman–Crippen LogP) is 5.45. The van der Waals surface area contributed by atoms with Crippen molar-refractivity contribution in [3.05, 3.63) is 18.3 Å². The van der Waals surface area contributed by atoms with Gasteiger partial charge in [-0.05, 0) is 52.5 Å². The minimum Gasteiger partial charge on any atom is -0.399 e. The van der Waals surface area contributed by atoms with Crippen molar-refractivity contribution < 1.29 is 9.31 Å². The summed E-state index contributed by atoms with van der Waals surface area (Å²) in [5, 5.41) is 0. The molecule has 0 aromatic carbocycles. The lowest BCUT2D eigenvalue weighted by Crippen LogP contribution is -2.41. The first kappa shape index (κ1) is 25.0. The van der Waals surface area contributed by atoms with E-state index in [1.807, 2.05) is 6.20 Å². The molecular formula is C23H43BN2O2. The second-order valence-electron chi connectivity index (χ2n) is 9.12. The van der Waals surface area contributed by atoms with Crippen LogP contribution in [0.1, 0.15) is 88.0 Å². The summed E-state index contributed by atoms with van der Waals surface area (Å²) in [6.45, 7) is 21.3. The Hall–Kier alpha value is -1.07. The van der Waals surface area contributed by atoms with Gasteiger partial charge in [-0.25, -0.2) is 4.98 Å². The van der Waals surface area contributed by atoms with Crippen molar-refractivity contribution in [2.24, 2.45) is 5.92 Å². The first-order valence-electron chi connectivity index (χ1n) is 11.2. The Morgan fingerprint density at radius 2 is 1.43 bits per heavy atom. The molecule has 160 valence electrons. The molecule has 0 spiro atoms. The average molecular weight is 390 g/mol. The smallest absolute Gasteiger partial charge is 0.399 e. The first-order valence-corrected chi connectivity index (χ1v) is 11.2. The third-order valence-electron chi connectivity index (χ3n) is 5.40. The van der Waals surface area contributed by atoms with Crippen LogP contribution in [0.5, 0.6) is 0 Å². The molecule has 5 heteroatoms. The molecule has 0 N–H and O–H groups in total. The highest BCUT2D eigenvalue weighted by Crippen LogP contribution is 2.36. The zero-order valence-electron chi connectivity index (χ0n) is 19.8. The van der Waals surface area contributed by atoms with Crippen molar-refractivity contribution in [3.8, 4) is 0 Å². The fourth-order valence-corrected chi connectivity index (χ4v) is 2.94. The van der Waals surface area contributed by atoms with Crippen LogP contribution in [-0.2, 0) is 9.31 Å². The van der Waals surface area contributed by atoms with Gasteiger partial charge in [-0.15, -0.1) is 0 Å². The maximum Gasteiger partial charge on any atom is 0.496 e. The number of rotatable bonds is 2. The zero-order chi connectivity index (χ0) is 21.4. The molecule has 0 atom stereocenters. The fourth-order valence-electron chi connectivity index (χ4n) is 2.94. The van der Waals surface area contributed by atoms with Gasteiger partial charge in [-0.2, -0.15) is 0 Å². The largest absolute Gasteiger partial charge is 0.496 e. The van der Waals surface area contributed by atoms with E-state index in [0.29, 0.717) is 0 Å². The van der Waals surface area contributed by atoms with E-state index in [1.54, 1.807) is 0 Å². The SMILES string of the molecule is CC1CCN(c2ccc(B3OC(C)(C)C(C)(C)O3)cn2)CC1.CCC.CCC. The van der Waals surface area contributed by atoms with Crippen LogP contribution < -0.4 is 10.4 Å². The highest BCUT2D eigenvalue weighted by molar-refractivity contribution is 6.62. The van der Waals surface area contributed by atoms with E-state index in [2.05, 4.69) is 84.3 Å². The predicted molar refractivity (Wildman–Crippen MR) is 122 cm³/mol. The molecule has 4 nitrogen and oxygen atoms in total. The highest BCUT2D eigenvalue weighted by Gasteiger charge is 2.51. The second kappa shape index (κ2) is 11.2. The topological polar surface area (TPSA) is 34.6 Å². The molecule has 0 bridgehead atoms. The molecule has 2 fully saturated rings. The van der Waals surface area contributed by atoms with Crippen molar-refractivity contribution in [1.29, 1.82) is 0 Å². The lowest BCUT2D eigenvalue weighted by atomic mass is 9.80. The number of hydrogen-bond donors (Lipinski definition) is 0. The van der Waals surface area contributed by atoms with Gasteiger partial charge in [0.2, 0.25) is 0 Å². The van der Waals surface area contributed by atoms with Crippen molar-refractivity contribution in [2.45, 2.75) is 99.2 Å². The number of aromatic nitrogens is 1. The third-order valence-corrected chi connectivity index (χ3v) is 5.40. The van der Waals surface area contributed by atoms with E-state index < -0.39 is 0 Å². The van der Waals surface area contributed by atoms with Gasteiger partial charge in [0.25, 0.3) is 0 Å². The zero-order valence-corrected chi connectivity index (χ0v) is 19.8. The Kier molecular flexibility index (Phi) is 9.99. The molecule has 3 rings (SSSR count). The van der Waals surface area contributed by atoms with Crippen molar-refractivity contribution in [3.63, 3.8) is 0 Å². The molecule has 0 amide bonds. The Balaban J connectivity index is 0.000000582. The summed E-state index contributed by atoms with van der Waals surface area (Å²) >= 11 is 0. The van der Waals surface area contributed by atoms with Crippen LogP contribution in [0.4, 0.5) is 5.82 Å². The van der Waals surface area contributed by atoms with Crippen LogP contribution in [0.25, 0.3) is 0 Å². The minimum atomic E-state index is -0.326.